The van der Waals surface area contributed by atoms with Gasteiger partial charge in [-0.3, -0.25) is 4.79 Å². The van der Waals surface area contributed by atoms with E-state index in [4.69, 9.17) is 0 Å². The van der Waals surface area contributed by atoms with Crippen LogP contribution in [-0.2, 0) is 4.79 Å². The van der Waals surface area contributed by atoms with Crippen LogP contribution in [0.5, 0.6) is 0 Å². The first-order valence-electron chi connectivity index (χ1n) is 6.75. The minimum Gasteiger partial charge on any atom is -0.351 e. The van der Waals surface area contributed by atoms with E-state index >= 15 is 0 Å². The van der Waals surface area contributed by atoms with Gasteiger partial charge in [0.05, 0.1) is 6.04 Å². The average molecular weight is 273 g/mol. The predicted octanol–water partition coefficient (Wildman–Crippen LogP) is 0.784. The molecule has 5 heteroatoms. The van der Waals surface area contributed by atoms with E-state index in [2.05, 4.69) is 29.4 Å². The molecular formula is C13H27N3OS. The van der Waals surface area contributed by atoms with E-state index in [0.29, 0.717) is 5.92 Å². The molecule has 1 aliphatic heterocycles. The van der Waals surface area contributed by atoms with E-state index in [1.54, 1.807) is 0 Å². The minimum absolute atomic E-state index is 0.0134. The van der Waals surface area contributed by atoms with Gasteiger partial charge in [0.25, 0.3) is 0 Å². The van der Waals surface area contributed by atoms with Gasteiger partial charge in [-0.05, 0) is 26.4 Å². The Morgan fingerprint density at radius 3 is 2.72 bits per heavy atom. The SMILES string of the molecule is CC(C)CC(CN(C)C)NC(=O)C1CSCCN1. The van der Waals surface area contributed by atoms with E-state index < -0.39 is 0 Å². The number of hydrogen-bond donors (Lipinski definition) is 2. The van der Waals surface area contributed by atoms with Crippen LogP contribution in [0.2, 0.25) is 0 Å². The molecule has 0 saturated carbocycles. The maximum Gasteiger partial charge on any atom is 0.238 e. The monoisotopic (exact) mass is 273 g/mol. The van der Waals surface area contributed by atoms with Crippen molar-refractivity contribution in [3.05, 3.63) is 0 Å². The summed E-state index contributed by atoms with van der Waals surface area (Å²) in [7, 11) is 4.10. The van der Waals surface area contributed by atoms with Crippen LogP contribution in [0.15, 0.2) is 0 Å². The molecule has 4 nitrogen and oxygen atoms in total. The maximum absolute atomic E-state index is 12.2. The lowest BCUT2D eigenvalue weighted by Crippen LogP contribution is -2.53. The first-order chi connectivity index (χ1) is 8.49. The highest BCUT2D eigenvalue weighted by molar-refractivity contribution is 7.99. The van der Waals surface area contributed by atoms with Crippen LogP contribution < -0.4 is 10.6 Å². The summed E-state index contributed by atoms with van der Waals surface area (Å²) in [6.07, 6.45) is 1.03. The van der Waals surface area contributed by atoms with Crippen molar-refractivity contribution in [1.29, 1.82) is 0 Å². The summed E-state index contributed by atoms with van der Waals surface area (Å²) < 4.78 is 0. The molecule has 2 unspecified atom stereocenters. The summed E-state index contributed by atoms with van der Waals surface area (Å²) in [4.78, 5) is 14.3. The fourth-order valence-electron chi connectivity index (χ4n) is 2.22. The van der Waals surface area contributed by atoms with Gasteiger partial charge >= 0.3 is 0 Å². The number of thioether (sulfide) groups is 1. The molecule has 0 aromatic heterocycles. The van der Waals surface area contributed by atoms with Crippen molar-refractivity contribution in [3.63, 3.8) is 0 Å². The topological polar surface area (TPSA) is 44.4 Å². The third kappa shape index (κ3) is 6.07. The fourth-order valence-corrected chi connectivity index (χ4v) is 3.16. The Hall–Kier alpha value is -0.260. The van der Waals surface area contributed by atoms with Gasteiger partial charge in [-0.2, -0.15) is 11.8 Å². The van der Waals surface area contributed by atoms with E-state index in [9.17, 15) is 4.79 Å². The van der Waals surface area contributed by atoms with Crippen molar-refractivity contribution in [2.24, 2.45) is 5.92 Å². The maximum atomic E-state index is 12.2. The van der Waals surface area contributed by atoms with Gasteiger partial charge in [0, 0.05) is 30.6 Å². The van der Waals surface area contributed by atoms with E-state index in [1.807, 2.05) is 25.9 Å². The largest absolute Gasteiger partial charge is 0.351 e. The molecule has 0 aromatic rings. The molecule has 1 rings (SSSR count). The van der Waals surface area contributed by atoms with Crippen LogP contribution in [0.25, 0.3) is 0 Å². The van der Waals surface area contributed by atoms with Crippen molar-refractivity contribution in [1.82, 2.24) is 15.5 Å². The molecule has 1 saturated heterocycles. The molecule has 1 heterocycles. The molecule has 2 N–H and O–H groups in total. The number of rotatable bonds is 6. The Kier molecular flexibility index (Phi) is 7.04. The van der Waals surface area contributed by atoms with E-state index in [0.717, 1.165) is 31.0 Å². The van der Waals surface area contributed by atoms with Gasteiger partial charge < -0.3 is 15.5 Å². The van der Waals surface area contributed by atoms with Crippen LogP contribution in [0.3, 0.4) is 0 Å². The predicted molar refractivity (Wildman–Crippen MR) is 79.1 cm³/mol. The van der Waals surface area contributed by atoms with Crippen molar-refractivity contribution in [3.8, 4) is 0 Å². The Bertz CT molecular complexity index is 243. The Balaban J connectivity index is 2.44. The van der Waals surface area contributed by atoms with Gasteiger partial charge in [0.15, 0.2) is 0 Å². The van der Waals surface area contributed by atoms with Crippen LogP contribution in [-0.4, -0.2) is 61.6 Å². The summed E-state index contributed by atoms with van der Waals surface area (Å²) >= 11 is 1.85. The molecular weight excluding hydrogens is 246 g/mol. The van der Waals surface area contributed by atoms with Crippen molar-refractivity contribution < 1.29 is 4.79 Å². The van der Waals surface area contributed by atoms with Crippen LogP contribution >= 0.6 is 11.8 Å². The number of hydrogen-bond acceptors (Lipinski definition) is 4. The van der Waals surface area contributed by atoms with Gasteiger partial charge in [-0.25, -0.2) is 0 Å². The summed E-state index contributed by atoms with van der Waals surface area (Å²) in [6.45, 7) is 6.24. The number of likely N-dealkylation sites (N-methyl/N-ethyl adjacent to an activating group) is 1. The van der Waals surface area contributed by atoms with E-state index in [1.165, 1.54) is 0 Å². The zero-order valence-corrected chi connectivity index (χ0v) is 12.8. The van der Waals surface area contributed by atoms with Crippen LogP contribution in [0.1, 0.15) is 20.3 Å². The van der Waals surface area contributed by atoms with Gasteiger partial charge in [-0.15, -0.1) is 0 Å². The molecule has 0 aromatic carbocycles. The molecule has 0 spiro atoms. The van der Waals surface area contributed by atoms with Gasteiger partial charge in [0.1, 0.15) is 0 Å². The zero-order valence-electron chi connectivity index (χ0n) is 12.0. The second-order valence-electron chi connectivity index (χ2n) is 5.68. The van der Waals surface area contributed by atoms with Crippen molar-refractivity contribution in [2.45, 2.75) is 32.4 Å². The minimum atomic E-state index is -0.0134. The number of nitrogens with zero attached hydrogens (tertiary/aromatic N) is 1. The molecule has 1 amide bonds. The molecule has 0 radical (unpaired) electrons. The highest BCUT2D eigenvalue weighted by Gasteiger charge is 2.23. The number of amides is 1. The first kappa shape index (κ1) is 15.8. The van der Waals surface area contributed by atoms with Gasteiger partial charge in [0.2, 0.25) is 5.91 Å². The number of nitrogens with one attached hydrogen (secondary N) is 2. The average Bonchev–Trinajstić information content (AvgIpc) is 2.28. The summed E-state index contributed by atoms with van der Waals surface area (Å²) in [5.41, 5.74) is 0. The molecule has 2 atom stereocenters. The second-order valence-corrected chi connectivity index (χ2v) is 6.83. The standard InChI is InChI=1S/C13H27N3OS/c1-10(2)7-11(8-16(3)4)15-13(17)12-9-18-6-5-14-12/h10-12,14H,5-9H2,1-4H3,(H,15,17). The Morgan fingerprint density at radius 2 is 2.22 bits per heavy atom. The molecule has 1 aliphatic rings. The second kappa shape index (κ2) is 8.02. The summed E-state index contributed by atoms with van der Waals surface area (Å²) in [6, 6.07) is 0.238. The molecule has 0 bridgehead atoms. The molecule has 106 valence electrons. The number of carbonyl (C=O) groups is 1. The quantitative estimate of drug-likeness (QED) is 0.751. The first-order valence-corrected chi connectivity index (χ1v) is 7.90. The Morgan fingerprint density at radius 1 is 1.50 bits per heavy atom. The smallest absolute Gasteiger partial charge is 0.238 e. The lowest BCUT2D eigenvalue weighted by molar-refractivity contribution is -0.123. The lowest BCUT2D eigenvalue weighted by Gasteiger charge is -2.28. The third-order valence-electron chi connectivity index (χ3n) is 2.93. The molecule has 18 heavy (non-hydrogen) atoms. The van der Waals surface area contributed by atoms with Crippen molar-refractivity contribution >= 4 is 17.7 Å². The lowest BCUT2D eigenvalue weighted by atomic mass is 10.0. The Labute approximate surface area is 115 Å². The zero-order chi connectivity index (χ0) is 13.5. The molecule has 1 fully saturated rings. The molecule has 0 aliphatic carbocycles. The van der Waals surface area contributed by atoms with Crippen molar-refractivity contribution in [2.75, 3.05) is 38.7 Å². The van der Waals surface area contributed by atoms with Crippen LogP contribution in [0, 0.1) is 5.92 Å². The highest BCUT2D eigenvalue weighted by atomic mass is 32.2. The van der Waals surface area contributed by atoms with Gasteiger partial charge in [-0.1, -0.05) is 13.8 Å². The third-order valence-corrected chi connectivity index (χ3v) is 3.99. The summed E-state index contributed by atoms with van der Waals surface area (Å²) in [5, 5.41) is 6.48. The highest BCUT2D eigenvalue weighted by Crippen LogP contribution is 2.10. The summed E-state index contributed by atoms with van der Waals surface area (Å²) in [5.74, 6) is 2.76. The fraction of sp³-hybridized carbons (Fsp3) is 0.923. The normalized spacial score (nSPS) is 22.2. The van der Waals surface area contributed by atoms with Crippen LogP contribution in [0.4, 0.5) is 0 Å². The number of carbonyl (C=O) groups excluding carboxylic acids is 1. The van der Waals surface area contributed by atoms with E-state index in [-0.39, 0.29) is 18.0 Å².